The quantitative estimate of drug-likeness (QED) is 0.932. The van der Waals surface area contributed by atoms with Crippen molar-refractivity contribution in [1.82, 2.24) is 0 Å². The molecule has 5 heteroatoms. The molecule has 1 heterocycles. The topological polar surface area (TPSA) is 35.1 Å². The number of hydrogen-bond acceptors (Lipinski definition) is 2. The van der Waals surface area contributed by atoms with Crippen molar-refractivity contribution in [3.63, 3.8) is 0 Å². The van der Waals surface area contributed by atoms with E-state index >= 15 is 0 Å². The molecule has 0 radical (unpaired) electrons. The Kier molecular flexibility index (Phi) is 4.48. The molecule has 1 atom stereocenters. The van der Waals surface area contributed by atoms with Crippen LogP contribution in [0.25, 0.3) is 0 Å². The lowest BCUT2D eigenvalue weighted by molar-refractivity contribution is -0.690. The molecule has 1 aliphatic rings. The molecule has 0 saturated heterocycles. The van der Waals surface area contributed by atoms with E-state index < -0.39 is 0 Å². The average Bonchev–Trinajstić information content (AvgIpc) is 2.55. The van der Waals surface area contributed by atoms with Crippen molar-refractivity contribution in [2.24, 2.45) is 0 Å². The summed E-state index contributed by atoms with van der Waals surface area (Å²) in [5.41, 5.74) is 3.50. The standard InChI is InChI=1S/C17H17Cl2NO2/c1-21-14-8-10-6-7-20-17(12(10)9-15(14)22-2)11-4-3-5-13(18)16(11)19/h3-5,8-9,17,20H,6-7H2,1-2H3/p+1/t17-/m1/s1. The second-order valence-corrected chi connectivity index (χ2v) is 6.09. The van der Waals surface area contributed by atoms with Gasteiger partial charge in [-0.05, 0) is 23.8 Å². The maximum absolute atomic E-state index is 6.42. The zero-order chi connectivity index (χ0) is 15.7. The van der Waals surface area contributed by atoms with Gasteiger partial charge in [-0.3, -0.25) is 0 Å². The molecule has 2 aromatic carbocycles. The molecule has 0 unspecified atom stereocenters. The summed E-state index contributed by atoms with van der Waals surface area (Å²) in [6, 6.07) is 10.0. The molecule has 116 valence electrons. The minimum atomic E-state index is 0.120. The highest BCUT2D eigenvalue weighted by molar-refractivity contribution is 6.42. The summed E-state index contributed by atoms with van der Waals surface area (Å²) in [5, 5.41) is 3.49. The van der Waals surface area contributed by atoms with Gasteiger partial charge in [0.2, 0.25) is 0 Å². The number of fused-ring (bicyclic) bond motifs is 1. The highest BCUT2D eigenvalue weighted by atomic mass is 35.5. The van der Waals surface area contributed by atoms with Crippen molar-refractivity contribution < 1.29 is 14.8 Å². The third kappa shape index (κ3) is 2.65. The Balaban J connectivity index is 2.13. The maximum Gasteiger partial charge on any atom is 0.161 e. The second kappa shape index (κ2) is 6.37. The van der Waals surface area contributed by atoms with Crippen LogP contribution in [0.5, 0.6) is 11.5 Å². The van der Waals surface area contributed by atoms with Crippen molar-refractivity contribution in [2.45, 2.75) is 12.5 Å². The molecule has 0 bridgehead atoms. The van der Waals surface area contributed by atoms with Crippen LogP contribution >= 0.6 is 23.2 Å². The van der Waals surface area contributed by atoms with Gasteiger partial charge in [0.15, 0.2) is 11.5 Å². The van der Waals surface area contributed by atoms with Crippen molar-refractivity contribution in [3.05, 3.63) is 57.1 Å². The van der Waals surface area contributed by atoms with Gasteiger partial charge < -0.3 is 14.8 Å². The molecule has 3 nitrogen and oxygen atoms in total. The second-order valence-electron chi connectivity index (χ2n) is 5.30. The van der Waals surface area contributed by atoms with E-state index in [-0.39, 0.29) is 6.04 Å². The summed E-state index contributed by atoms with van der Waals surface area (Å²) in [6.07, 6.45) is 0.990. The number of hydrogen-bond donors (Lipinski definition) is 1. The Morgan fingerprint density at radius 3 is 2.50 bits per heavy atom. The normalized spacial score (nSPS) is 17.0. The van der Waals surface area contributed by atoms with Gasteiger partial charge in [0, 0.05) is 17.5 Å². The Hall–Kier alpha value is -1.42. The van der Waals surface area contributed by atoms with Crippen molar-refractivity contribution in [3.8, 4) is 11.5 Å². The Morgan fingerprint density at radius 2 is 1.77 bits per heavy atom. The summed E-state index contributed by atoms with van der Waals surface area (Å²) in [5.74, 6) is 1.50. The summed E-state index contributed by atoms with van der Waals surface area (Å²) in [6.45, 7) is 0.996. The van der Waals surface area contributed by atoms with Crippen molar-refractivity contribution in [2.75, 3.05) is 20.8 Å². The predicted octanol–water partition coefficient (Wildman–Crippen LogP) is 3.22. The average molecular weight is 339 g/mol. The first-order chi connectivity index (χ1) is 10.7. The zero-order valence-corrected chi connectivity index (χ0v) is 14.0. The van der Waals surface area contributed by atoms with Gasteiger partial charge in [0.25, 0.3) is 0 Å². The first kappa shape index (κ1) is 15.5. The van der Waals surface area contributed by atoms with E-state index in [1.165, 1.54) is 11.1 Å². The van der Waals surface area contributed by atoms with Gasteiger partial charge >= 0.3 is 0 Å². The van der Waals surface area contributed by atoms with E-state index in [0.29, 0.717) is 10.0 Å². The fraction of sp³-hybridized carbons (Fsp3) is 0.294. The van der Waals surface area contributed by atoms with E-state index in [0.717, 1.165) is 30.0 Å². The Labute approximate surface area is 140 Å². The number of ether oxygens (including phenoxy) is 2. The summed E-state index contributed by atoms with van der Waals surface area (Å²) >= 11 is 12.6. The maximum atomic E-state index is 6.42. The van der Waals surface area contributed by atoms with Crippen molar-refractivity contribution in [1.29, 1.82) is 0 Å². The molecule has 0 fully saturated rings. The molecule has 2 aromatic rings. The zero-order valence-electron chi connectivity index (χ0n) is 12.5. The third-order valence-corrected chi connectivity index (χ3v) is 4.95. The fourth-order valence-corrected chi connectivity index (χ4v) is 3.46. The largest absolute Gasteiger partial charge is 0.493 e. The minimum Gasteiger partial charge on any atom is -0.493 e. The van der Waals surface area contributed by atoms with Crippen LogP contribution in [-0.2, 0) is 6.42 Å². The molecule has 0 aromatic heterocycles. The van der Waals surface area contributed by atoms with Crippen LogP contribution in [0.15, 0.2) is 30.3 Å². The van der Waals surface area contributed by atoms with Gasteiger partial charge in [0.1, 0.15) is 6.04 Å². The van der Waals surface area contributed by atoms with E-state index in [2.05, 4.69) is 11.4 Å². The summed E-state index contributed by atoms with van der Waals surface area (Å²) in [7, 11) is 3.31. The van der Waals surface area contributed by atoms with Crippen LogP contribution in [0.2, 0.25) is 10.0 Å². The summed E-state index contributed by atoms with van der Waals surface area (Å²) < 4.78 is 10.8. The molecule has 0 amide bonds. The highest BCUT2D eigenvalue weighted by Gasteiger charge is 2.29. The number of methoxy groups -OCH3 is 2. The van der Waals surface area contributed by atoms with Crippen LogP contribution in [0.3, 0.4) is 0 Å². The van der Waals surface area contributed by atoms with Crippen LogP contribution in [0, 0.1) is 0 Å². The van der Waals surface area contributed by atoms with Gasteiger partial charge in [-0.1, -0.05) is 35.3 Å². The summed E-state index contributed by atoms with van der Waals surface area (Å²) in [4.78, 5) is 0. The molecular formula is C17H18Cl2NO2+. The van der Waals surface area contributed by atoms with E-state index in [4.69, 9.17) is 32.7 Å². The number of nitrogens with two attached hydrogens (primary N) is 1. The highest BCUT2D eigenvalue weighted by Crippen LogP contribution is 2.38. The van der Waals surface area contributed by atoms with Gasteiger partial charge in [0.05, 0.1) is 30.8 Å². The lowest BCUT2D eigenvalue weighted by Crippen LogP contribution is -2.87. The molecule has 0 saturated carbocycles. The van der Waals surface area contributed by atoms with Crippen molar-refractivity contribution >= 4 is 23.2 Å². The minimum absolute atomic E-state index is 0.120. The van der Waals surface area contributed by atoms with Gasteiger partial charge in [-0.15, -0.1) is 0 Å². The van der Waals surface area contributed by atoms with Gasteiger partial charge in [-0.2, -0.15) is 0 Å². The molecule has 2 N–H and O–H groups in total. The number of rotatable bonds is 3. The molecule has 22 heavy (non-hydrogen) atoms. The SMILES string of the molecule is COc1cc2c(cc1OC)[C@@H](c1cccc(Cl)c1Cl)[NH2+]CC2. The molecule has 3 rings (SSSR count). The van der Waals surface area contributed by atoms with Crippen LogP contribution in [0.4, 0.5) is 0 Å². The van der Waals surface area contributed by atoms with Crippen LogP contribution in [0.1, 0.15) is 22.7 Å². The molecule has 0 aliphatic carbocycles. The Bertz CT molecular complexity index is 703. The monoisotopic (exact) mass is 338 g/mol. The first-order valence-electron chi connectivity index (χ1n) is 7.17. The van der Waals surface area contributed by atoms with Crippen LogP contribution < -0.4 is 14.8 Å². The Morgan fingerprint density at radius 1 is 1.05 bits per heavy atom. The van der Waals surface area contributed by atoms with Gasteiger partial charge in [-0.25, -0.2) is 0 Å². The molecule has 1 aliphatic heterocycles. The van der Waals surface area contributed by atoms with E-state index in [9.17, 15) is 0 Å². The van der Waals surface area contributed by atoms with Crippen LogP contribution in [-0.4, -0.2) is 20.8 Å². The first-order valence-corrected chi connectivity index (χ1v) is 7.93. The number of benzene rings is 2. The fourth-order valence-electron chi connectivity index (χ4n) is 3.03. The lowest BCUT2D eigenvalue weighted by Gasteiger charge is -2.26. The lowest BCUT2D eigenvalue weighted by atomic mass is 9.89. The van der Waals surface area contributed by atoms with E-state index in [1.54, 1.807) is 14.2 Å². The molecule has 0 spiro atoms. The number of halogens is 2. The smallest absolute Gasteiger partial charge is 0.161 e. The third-order valence-electron chi connectivity index (χ3n) is 4.11. The number of quaternary nitrogens is 1. The predicted molar refractivity (Wildman–Crippen MR) is 88.3 cm³/mol. The molecular weight excluding hydrogens is 321 g/mol. The van der Waals surface area contributed by atoms with E-state index in [1.807, 2.05) is 24.3 Å².